The zero-order valence-electron chi connectivity index (χ0n) is 8.70. The Kier molecular flexibility index (Phi) is 2.76. The number of carbonyl (C=O) groups is 1. The number of nitrogens with one attached hydrogen (secondary N) is 1. The Bertz CT molecular complexity index is 522. The van der Waals surface area contributed by atoms with Crippen LogP contribution < -0.4 is 0 Å². The molecular formula is C11H10FN3O. The van der Waals surface area contributed by atoms with Crippen molar-refractivity contribution in [1.82, 2.24) is 15.2 Å². The van der Waals surface area contributed by atoms with Crippen molar-refractivity contribution in [3.8, 4) is 11.3 Å². The third kappa shape index (κ3) is 1.84. The first-order valence-electron chi connectivity index (χ1n) is 4.90. The highest BCUT2D eigenvalue weighted by molar-refractivity contribution is 5.75. The van der Waals surface area contributed by atoms with Crippen LogP contribution in [-0.2, 0) is 6.42 Å². The van der Waals surface area contributed by atoms with Crippen molar-refractivity contribution >= 4 is 6.29 Å². The number of aromatic amines is 1. The second kappa shape index (κ2) is 4.22. The zero-order chi connectivity index (χ0) is 11.5. The van der Waals surface area contributed by atoms with E-state index in [1.54, 1.807) is 6.07 Å². The van der Waals surface area contributed by atoms with Crippen molar-refractivity contribution < 1.29 is 9.18 Å². The van der Waals surface area contributed by atoms with Crippen molar-refractivity contribution in [3.05, 3.63) is 35.5 Å². The van der Waals surface area contributed by atoms with Crippen LogP contribution in [0.4, 0.5) is 4.39 Å². The van der Waals surface area contributed by atoms with Gasteiger partial charge in [0, 0.05) is 11.3 Å². The lowest BCUT2D eigenvalue weighted by Gasteiger charge is -2.01. The van der Waals surface area contributed by atoms with Crippen LogP contribution in [0.2, 0.25) is 0 Å². The van der Waals surface area contributed by atoms with Crippen molar-refractivity contribution in [1.29, 1.82) is 0 Å². The number of aldehydes is 1. The molecule has 0 spiro atoms. The van der Waals surface area contributed by atoms with Crippen molar-refractivity contribution in [2.75, 3.05) is 0 Å². The quantitative estimate of drug-likeness (QED) is 0.803. The lowest BCUT2D eigenvalue weighted by molar-refractivity contribution is 0.111. The summed E-state index contributed by atoms with van der Waals surface area (Å²) in [7, 11) is 0. The van der Waals surface area contributed by atoms with Gasteiger partial charge in [0.15, 0.2) is 12.1 Å². The first-order chi connectivity index (χ1) is 7.74. The Labute approximate surface area is 91.5 Å². The van der Waals surface area contributed by atoms with Crippen LogP contribution in [-0.4, -0.2) is 21.5 Å². The highest BCUT2D eigenvalue weighted by Gasteiger charge is 2.10. The number of carbonyl (C=O) groups excluding carboxylic acids is 1. The van der Waals surface area contributed by atoms with Crippen LogP contribution in [0.15, 0.2) is 18.3 Å². The molecule has 4 nitrogen and oxygen atoms in total. The molecule has 0 saturated heterocycles. The van der Waals surface area contributed by atoms with Crippen LogP contribution in [0.5, 0.6) is 0 Å². The number of rotatable bonds is 3. The van der Waals surface area contributed by atoms with Gasteiger partial charge in [0.05, 0.1) is 17.6 Å². The monoisotopic (exact) mass is 219 g/mol. The number of H-pyrrole nitrogens is 1. The van der Waals surface area contributed by atoms with Gasteiger partial charge < -0.3 is 0 Å². The van der Waals surface area contributed by atoms with Gasteiger partial charge in [-0.05, 0) is 18.6 Å². The molecule has 0 atom stereocenters. The molecular weight excluding hydrogens is 209 g/mol. The molecule has 0 amide bonds. The minimum Gasteiger partial charge on any atom is -0.296 e. The lowest BCUT2D eigenvalue weighted by atomic mass is 10.1. The Hall–Kier alpha value is -2.04. The largest absolute Gasteiger partial charge is 0.296 e. The molecule has 2 rings (SSSR count). The molecule has 82 valence electrons. The second-order valence-electron chi connectivity index (χ2n) is 3.34. The Morgan fingerprint density at radius 2 is 2.31 bits per heavy atom. The molecule has 0 saturated carbocycles. The first kappa shape index (κ1) is 10.5. The van der Waals surface area contributed by atoms with E-state index in [1.165, 1.54) is 12.3 Å². The molecule has 0 aliphatic carbocycles. The predicted molar refractivity (Wildman–Crippen MR) is 56.5 cm³/mol. The van der Waals surface area contributed by atoms with Crippen LogP contribution in [0, 0.1) is 5.82 Å². The molecule has 2 heterocycles. The van der Waals surface area contributed by atoms with Gasteiger partial charge in [0.2, 0.25) is 0 Å². The molecule has 0 fully saturated rings. The maximum atomic E-state index is 13.5. The average Bonchev–Trinajstić information content (AvgIpc) is 2.78. The van der Waals surface area contributed by atoms with Gasteiger partial charge in [-0.25, -0.2) is 4.39 Å². The van der Waals surface area contributed by atoms with Gasteiger partial charge in [0.1, 0.15) is 0 Å². The fourth-order valence-electron chi connectivity index (χ4n) is 1.41. The van der Waals surface area contributed by atoms with Crippen LogP contribution in [0.25, 0.3) is 11.3 Å². The molecule has 5 heteroatoms. The van der Waals surface area contributed by atoms with Crippen LogP contribution >= 0.6 is 0 Å². The predicted octanol–water partition coefficient (Wildman–Crippen LogP) is 1.99. The number of aryl methyl sites for hydroxylation is 1. The number of halogens is 1. The molecule has 2 aromatic heterocycles. The molecule has 0 unspecified atom stereocenters. The van der Waals surface area contributed by atoms with E-state index in [-0.39, 0.29) is 0 Å². The molecule has 0 bridgehead atoms. The number of hydrogen-bond acceptors (Lipinski definition) is 3. The third-order valence-corrected chi connectivity index (χ3v) is 2.27. The molecule has 2 aromatic rings. The van der Waals surface area contributed by atoms with E-state index in [2.05, 4.69) is 15.2 Å². The molecule has 0 aliphatic heterocycles. The lowest BCUT2D eigenvalue weighted by Crippen LogP contribution is -1.92. The average molecular weight is 219 g/mol. The van der Waals surface area contributed by atoms with E-state index in [9.17, 15) is 9.18 Å². The van der Waals surface area contributed by atoms with Crippen molar-refractivity contribution in [3.63, 3.8) is 0 Å². The van der Waals surface area contributed by atoms with Gasteiger partial charge >= 0.3 is 0 Å². The fraction of sp³-hybridized carbons (Fsp3) is 0.182. The van der Waals surface area contributed by atoms with E-state index in [1.807, 2.05) is 6.92 Å². The number of nitrogens with zero attached hydrogens (tertiary/aromatic N) is 2. The van der Waals surface area contributed by atoms with Gasteiger partial charge in [-0.15, -0.1) is 0 Å². The number of aromatic nitrogens is 3. The topological polar surface area (TPSA) is 58.6 Å². The van der Waals surface area contributed by atoms with Gasteiger partial charge in [0.25, 0.3) is 0 Å². The first-order valence-corrected chi connectivity index (χ1v) is 4.90. The van der Waals surface area contributed by atoms with E-state index in [0.717, 1.165) is 12.1 Å². The number of hydrogen-bond donors (Lipinski definition) is 1. The SMILES string of the molecule is CCc1cc(-c2cc(C=O)[nH]n2)c(F)cn1. The summed E-state index contributed by atoms with van der Waals surface area (Å²) in [5.74, 6) is -0.443. The molecule has 1 N–H and O–H groups in total. The van der Waals surface area contributed by atoms with Gasteiger partial charge in [-0.2, -0.15) is 5.10 Å². The summed E-state index contributed by atoms with van der Waals surface area (Å²) in [6, 6.07) is 3.14. The third-order valence-electron chi connectivity index (χ3n) is 2.27. The highest BCUT2D eigenvalue weighted by Crippen LogP contribution is 2.21. The van der Waals surface area contributed by atoms with Crippen molar-refractivity contribution in [2.24, 2.45) is 0 Å². The minimum atomic E-state index is -0.443. The molecule has 0 aliphatic rings. The number of pyridine rings is 1. The summed E-state index contributed by atoms with van der Waals surface area (Å²) in [5.41, 5.74) is 1.88. The van der Waals surface area contributed by atoms with E-state index in [4.69, 9.17) is 0 Å². The van der Waals surface area contributed by atoms with Gasteiger partial charge in [-0.3, -0.25) is 14.9 Å². The smallest absolute Gasteiger partial charge is 0.167 e. The molecule has 16 heavy (non-hydrogen) atoms. The second-order valence-corrected chi connectivity index (χ2v) is 3.34. The van der Waals surface area contributed by atoms with E-state index >= 15 is 0 Å². The summed E-state index contributed by atoms with van der Waals surface area (Å²) >= 11 is 0. The van der Waals surface area contributed by atoms with Gasteiger partial charge in [-0.1, -0.05) is 6.92 Å². The highest BCUT2D eigenvalue weighted by atomic mass is 19.1. The Morgan fingerprint density at radius 3 is 2.94 bits per heavy atom. The summed E-state index contributed by atoms with van der Waals surface area (Å²) in [6.45, 7) is 1.94. The minimum absolute atomic E-state index is 0.323. The fourth-order valence-corrected chi connectivity index (χ4v) is 1.41. The zero-order valence-corrected chi connectivity index (χ0v) is 8.70. The molecule has 0 radical (unpaired) electrons. The Balaban J connectivity index is 2.49. The van der Waals surface area contributed by atoms with Crippen molar-refractivity contribution in [2.45, 2.75) is 13.3 Å². The maximum Gasteiger partial charge on any atom is 0.167 e. The Morgan fingerprint density at radius 1 is 1.50 bits per heavy atom. The maximum absolute atomic E-state index is 13.5. The van der Waals surface area contributed by atoms with Crippen LogP contribution in [0.3, 0.4) is 0 Å². The standard InChI is InChI=1S/C11H10FN3O/c1-2-7-3-9(10(12)5-13-7)11-4-8(6-16)14-15-11/h3-6H,2H2,1H3,(H,14,15). The molecule has 0 aromatic carbocycles. The summed E-state index contributed by atoms with van der Waals surface area (Å²) in [5, 5.41) is 6.38. The van der Waals surface area contributed by atoms with E-state index < -0.39 is 5.82 Å². The van der Waals surface area contributed by atoms with Crippen LogP contribution in [0.1, 0.15) is 23.1 Å². The van der Waals surface area contributed by atoms with E-state index in [0.29, 0.717) is 23.2 Å². The summed E-state index contributed by atoms with van der Waals surface area (Å²) < 4.78 is 13.5. The normalized spacial score (nSPS) is 10.4. The summed E-state index contributed by atoms with van der Waals surface area (Å²) in [6.07, 6.45) is 2.53. The summed E-state index contributed by atoms with van der Waals surface area (Å²) in [4.78, 5) is 14.4.